The number of rotatable bonds is 5. The van der Waals surface area contributed by atoms with Crippen molar-refractivity contribution in [1.29, 1.82) is 0 Å². The van der Waals surface area contributed by atoms with Crippen LogP contribution < -0.4 is 0 Å². The van der Waals surface area contributed by atoms with Crippen LogP contribution in [-0.4, -0.2) is 25.8 Å². The molecular weight excluding hydrogens is 230 g/mol. The van der Waals surface area contributed by atoms with Gasteiger partial charge in [0, 0.05) is 30.7 Å². The molecule has 0 saturated carbocycles. The Morgan fingerprint density at radius 2 is 2.33 bits per heavy atom. The summed E-state index contributed by atoms with van der Waals surface area (Å²) in [6.45, 7) is 2.82. The maximum Gasteiger partial charge on any atom is 0.339 e. The number of carboxylic acid groups (broad SMARTS) is 1. The Bertz CT molecular complexity index is 534. The van der Waals surface area contributed by atoms with Crippen LogP contribution in [0.3, 0.4) is 0 Å². The molecule has 0 aliphatic carbocycles. The SMILES string of the molecule is CCCCn1cc(C(=O)O)c(-c2cccnc2)n1. The Morgan fingerprint density at radius 1 is 1.50 bits per heavy atom. The lowest BCUT2D eigenvalue weighted by Gasteiger charge is -1.98. The fraction of sp³-hybridized carbons (Fsp3) is 0.308. The maximum atomic E-state index is 11.2. The van der Waals surface area contributed by atoms with E-state index in [0.717, 1.165) is 24.9 Å². The van der Waals surface area contributed by atoms with Crippen LogP contribution in [0.1, 0.15) is 30.1 Å². The number of aromatic carboxylic acids is 1. The first-order valence-electron chi connectivity index (χ1n) is 5.93. The van der Waals surface area contributed by atoms with Gasteiger partial charge in [-0.3, -0.25) is 9.67 Å². The molecule has 0 aliphatic rings. The summed E-state index contributed by atoms with van der Waals surface area (Å²) in [4.78, 5) is 15.2. The smallest absolute Gasteiger partial charge is 0.339 e. The number of hydrogen-bond acceptors (Lipinski definition) is 3. The fourth-order valence-electron chi connectivity index (χ4n) is 1.73. The third-order valence-corrected chi connectivity index (χ3v) is 2.67. The molecule has 0 saturated heterocycles. The predicted octanol–water partition coefficient (Wildman–Crippen LogP) is 2.44. The molecule has 94 valence electrons. The van der Waals surface area contributed by atoms with Crippen molar-refractivity contribution in [2.45, 2.75) is 26.3 Å². The molecule has 2 aromatic rings. The highest BCUT2D eigenvalue weighted by atomic mass is 16.4. The zero-order valence-corrected chi connectivity index (χ0v) is 10.2. The van der Waals surface area contributed by atoms with Gasteiger partial charge in [0.2, 0.25) is 0 Å². The van der Waals surface area contributed by atoms with Crippen LogP contribution in [0.15, 0.2) is 30.7 Å². The van der Waals surface area contributed by atoms with Crippen molar-refractivity contribution >= 4 is 5.97 Å². The molecule has 5 nitrogen and oxygen atoms in total. The normalized spacial score (nSPS) is 10.5. The molecule has 0 amide bonds. The summed E-state index contributed by atoms with van der Waals surface area (Å²) in [6.07, 6.45) is 6.88. The Morgan fingerprint density at radius 3 is 2.94 bits per heavy atom. The lowest BCUT2D eigenvalue weighted by molar-refractivity contribution is 0.0697. The number of unbranched alkanes of at least 4 members (excludes halogenated alkanes) is 1. The monoisotopic (exact) mass is 245 g/mol. The van der Waals surface area contributed by atoms with Crippen LogP contribution in [0.4, 0.5) is 0 Å². The number of pyridine rings is 1. The highest BCUT2D eigenvalue weighted by molar-refractivity contribution is 5.94. The zero-order valence-electron chi connectivity index (χ0n) is 10.2. The van der Waals surface area contributed by atoms with E-state index in [1.165, 1.54) is 0 Å². The van der Waals surface area contributed by atoms with E-state index in [1.54, 1.807) is 29.3 Å². The van der Waals surface area contributed by atoms with Crippen LogP contribution in [0.25, 0.3) is 11.3 Å². The highest BCUT2D eigenvalue weighted by Crippen LogP contribution is 2.21. The van der Waals surface area contributed by atoms with Gasteiger partial charge in [0.1, 0.15) is 11.3 Å². The summed E-state index contributed by atoms with van der Waals surface area (Å²) in [6, 6.07) is 3.58. The highest BCUT2D eigenvalue weighted by Gasteiger charge is 2.16. The molecule has 0 atom stereocenters. The molecule has 0 radical (unpaired) electrons. The number of carboxylic acids is 1. The number of aryl methyl sites for hydroxylation is 1. The van der Waals surface area contributed by atoms with Gasteiger partial charge in [-0.25, -0.2) is 4.79 Å². The molecule has 2 heterocycles. The molecule has 0 aromatic carbocycles. The summed E-state index contributed by atoms with van der Waals surface area (Å²) in [5, 5.41) is 13.5. The lowest BCUT2D eigenvalue weighted by atomic mass is 10.1. The van der Waals surface area contributed by atoms with Gasteiger partial charge in [0.05, 0.1) is 0 Å². The summed E-state index contributed by atoms with van der Waals surface area (Å²) in [7, 11) is 0. The van der Waals surface area contributed by atoms with Crippen molar-refractivity contribution in [2.75, 3.05) is 0 Å². The number of nitrogens with zero attached hydrogens (tertiary/aromatic N) is 3. The van der Waals surface area contributed by atoms with Gasteiger partial charge in [-0.15, -0.1) is 0 Å². The lowest BCUT2D eigenvalue weighted by Crippen LogP contribution is -1.98. The molecule has 0 bridgehead atoms. The topological polar surface area (TPSA) is 68.0 Å². The molecule has 18 heavy (non-hydrogen) atoms. The van der Waals surface area contributed by atoms with Crippen LogP contribution in [0, 0.1) is 0 Å². The second-order valence-electron chi connectivity index (χ2n) is 4.05. The van der Waals surface area contributed by atoms with E-state index in [4.69, 9.17) is 0 Å². The van der Waals surface area contributed by atoms with Crippen LogP contribution >= 0.6 is 0 Å². The molecular formula is C13H15N3O2. The molecule has 0 unspecified atom stereocenters. The maximum absolute atomic E-state index is 11.2. The van der Waals surface area contributed by atoms with Crippen LogP contribution in [0.2, 0.25) is 0 Å². The molecule has 1 N–H and O–H groups in total. The first-order chi connectivity index (χ1) is 8.72. The average molecular weight is 245 g/mol. The van der Waals surface area contributed by atoms with Crippen molar-refractivity contribution in [3.8, 4) is 11.3 Å². The molecule has 0 spiro atoms. The van der Waals surface area contributed by atoms with Gasteiger partial charge >= 0.3 is 5.97 Å². The molecule has 2 aromatic heterocycles. The van der Waals surface area contributed by atoms with E-state index in [-0.39, 0.29) is 5.56 Å². The minimum atomic E-state index is -0.961. The molecule has 2 rings (SSSR count). The summed E-state index contributed by atoms with van der Waals surface area (Å²) in [5.74, 6) is -0.961. The van der Waals surface area contributed by atoms with E-state index >= 15 is 0 Å². The predicted molar refractivity (Wildman–Crippen MR) is 67.3 cm³/mol. The van der Waals surface area contributed by atoms with Gasteiger partial charge in [0.15, 0.2) is 0 Å². The second-order valence-corrected chi connectivity index (χ2v) is 4.05. The Balaban J connectivity index is 2.39. The minimum absolute atomic E-state index is 0.221. The van der Waals surface area contributed by atoms with Crippen molar-refractivity contribution in [2.24, 2.45) is 0 Å². The van der Waals surface area contributed by atoms with Gasteiger partial charge < -0.3 is 5.11 Å². The van der Waals surface area contributed by atoms with Crippen molar-refractivity contribution in [3.05, 3.63) is 36.3 Å². The molecule has 0 aliphatic heterocycles. The quantitative estimate of drug-likeness (QED) is 0.878. The summed E-state index contributed by atoms with van der Waals surface area (Å²) in [5.41, 5.74) is 1.43. The van der Waals surface area contributed by atoms with Crippen LogP contribution in [0.5, 0.6) is 0 Å². The van der Waals surface area contributed by atoms with Crippen molar-refractivity contribution in [1.82, 2.24) is 14.8 Å². The molecule has 5 heteroatoms. The van der Waals surface area contributed by atoms with Crippen LogP contribution in [-0.2, 0) is 6.54 Å². The third-order valence-electron chi connectivity index (χ3n) is 2.67. The Kier molecular flexibility index (Phi) is 3.72. The number of aromatic nitrogens is 3. The van der Waals surface area contributed by atoms with E-state index in [0.29, 0.717) is 5.69 Å². The van der Waals surface area contributed by atoms with E-state index in [1.807, 2.05) is 6.07 Å². The third kappa shape index (κ3) is 2.56. The van der Waals surface area contributed by atoms with Gasteiger partial charge in [-0.1, -0.05) is 13.3 Å². The standard InChI is InChI=1S/C13H15N3O2/c1-2-3-7-16-9-11(13(17)18)12(15-16)10-5-4-6-14-8-10/h4-6,8-9H,2-3,7H2,1H3,(H,17,18). The van der Waals surface area contributed by atoms with Gasteiger partial charge in [-0.2, -0.15) is 5.10 Å². The first kappa shape index (κ1) is 12.3. The second kappa shape index (κ2) is 5.44. The fourth-order valence-corrected chi connectivity index (χ4v) is 1.73. The van der Waals surface area contributed by atoms with E-state index < -0.39 is 5.97 Å². The zero-order chi connectivity index (χ0) is 13.0. The number of carbonyl (C=O) groups is 1. The Labute approximate surface area is 105 Å². The van der Waals surface area contributed by atoms with Gasteiger partial charge in [-0.05, 0) is 18.6 Å². The summed E-state index contributed by atoms with van der Waals surface area (Å²) < 4.78 is 1.69. The largest absolute Gasteiger partial charge is 0.478 e. The Hall–Kier alpha value is -2.17. The van der Waals surface area contributed by atoms with E-state index in [9.17, 15) is 9.90 Å². The van der Waals surface area contributed by atoms with E-state index in [2.05, 4.69) is 17.0 Å². The average Bonchev–Trinajstić information content (AvgIpc) is 2.82. The minimum Gasteiger partial charge on any atom is -0.478 e. The van der Waals surface area contributed by atoms with Gasteiger partial charge in [0.25, 0.3) is 0 Å². The molecule has 0 fully saturated rings. The summed E-state index contributed by atoms with van der Waals surface area (Å²) >= 11 is 0. The van der Waals surface area contributed by atoms with Crippen molar-refractivity contribution < 1.29 is 9.90 Å². The first-order valence-corrected chi connectivity index (χ1v) is 5.93. The number of hydrogen-bond donors (Lipinski definition) is 1. The van der Waals surface area contributed by atoms with Crippen molar-refractivity contribution in [3.63, 3.8) is 0 Å².